The summed E-state index contributed by atoms with van der Waals surface area (Å²) in [5, 5.41) is 15.3. The maximum absolute atomic E-state index is 12.6. The zero-order valence-electron chi connectivity index (χ0n) is 22.7. The van der Waals surface area contributed by atoms with Gasteiger partial charge in [-0.25, -0.2) is 4.98 Å². The average Bonchev–Trinajstić information content (AvgIpc) is 2.98. The van der Waals surface area contributed by atoms with Gasteiger partial charge in [-0.2, -0.15) is 15.0 Å². The predicted molar refractivity (Wildman–Crippen MR) is 157 cm³/mol. The molecule has 1 aliphatic heterocycles. The summed E-state index contributed by atoms with van der Waals surface area (Å²) in [6.45, 7) is 3.92. The molecule has 11 heteroatoms. The number of hydrogen-bond acceptors (Lipinski definition) is 10. The summed E-state index contributed by atoms with van der Waals surface area (Å²) in [5.41, 5.74) is 3.11. The molecule has 0 aliphatic carbocycles. The van der Waals surface area contributed by atoms with Crippen molar-refractivity contribution in [1.29, 1.82) is 0 Å². The van der Waals surface area contributed by atoms with Gasteiger partial charge in [0.2, 0.25) is 11.9 Å². The fourth-order valence-electron chi connectivity index (χ4n) is 4.35. The van der Waals surface area contributed by atoms with Crippen molar-refractivity contribution < 1.29 is 9.90 Å². The van der Waals surface area contributed by atoms with Gasteiger partial charge in [0.25, 0.3) is 5.91 Å². The highest BCUT2D eigenvalue weighted by Crippen LogP contribution is 2.24. The molecule has 5 rings (SSSR count). The number of β-amino-alcohol motifs (C(OH)–C–C–N with tert-alkyl or cyclic N) is 1. The molecule has 2 aromatic carbocycles. The Morgan fingerprint density at radius 1 is 0.925 bits per heavy atom. The molecule has 3 N–H and O–H groups in total. The van der Waals surface area contributed by atoms with Gasteiger partial charge in [0.1, 0.15) is 5.82 Å². The summed E-state index contributed by atoms with van der Waals surface area (Å²) in [7, 11) is 4.00. The first-order valence-electron chi connectivity index (χ1n) is 13.2. The SMILES string of the molecule is CN(C)c1ccc(-c2nc(Nc3ccc(C(=O)Nc4ccccc4)cn3)nc(N3CCN(CCO)CC3)n2)cc1. The molecule has 1 amide bonds. The fraction of sp³-hybridized carbons (Fsp3) is 0.276. The molecule has 0 atom stereocenters. The minimum absolute atomic E-state index is 0.145. The quantitative estimate of drug-likeness (QED) is 0.292. The number of hydrogen-bond donors (Lipinski definition) is 3. The molecule has 4 aromatic rings. The van der Waals surface area contributed by atoms with Crippen molar-refractivity contribution in [1.82, 2.24) is 24.8 Å². The highest BCUT2D eigenvalue weighted by atomic mass is 16.3. The fourth-order valence-corrected chi connectivity index (χ4v) is 4.35. The lowest BCUT2D eigenvalue weighted by molar-refractivity contribution is 0.102. The Kier molecular flexibility index (Phi) is 8.43. The highest BCUT2D eigenvalue weighted by molar-refractivity contribution is 6.04. The molecule has 3 heterocycles. The number of carbonyl (C=O) groups excluding carboxylic acids is 1. The van der Waals surface area contributed by atoms with Crippen LogP contribution in [0.25, 0.3) is 11.4 Å². The summed E-state index contributed by atoms with van der Waals surface area (Å²) >= 11 is 0. The predicted octanol–water partition coefficient (Wildman–Crippen LogP) is 3.11. The van der Waals surface area contributed by atoms with Crippen molar-refractivity contribution in [2.45, 2.75) is 0 Å². The van der Waals surface area contributed by atoms with E-state index < -0.39 is 0 Å². The van der Waals surface area contributed by atoms with E-state index in [-0.39, 0.29) is 12.5 Å². The maximum atomic E-state index is 12.6. The second-order valence-electron chi connectivity index (χ2n) is 9.65. The molecule has 40 heavy (non-hydrogen) atoms. The third-order valence-electron chi connectivity index (χ3n) is 6.63. The number of rotatable bonds is 9. The Labute approximate surface area is 233 Å². The molecule has 0 radical (unpaired) electrons. The van der Waals surface area contributed by atoms with Gasteiger partial charge in [0, 0.05) is 70.0 Å². The number of carbonyl (C=O) groups is 1. The van der Waals surface area contributed by atoms with Gasteiger partial charge in [-0.3, -0.25) is 9.69 Å². The van der Waals surface area contributed by atoms with E-state index >= 15 is 0 Å². The molecular formula is C29H33N9O2. The van der Waals surface area contributed by atoms with Crippen molar-refractivity contribution in [2.24, 2.45) is 0 Å². The third-order valence-corrected chi connectivity index (χ3v) is 6.63. The lowest BCUT2D eigenvalue weighted by atomic mass is 10.2. The Balaban J connectivity index is 1.37. The molecule has 1 saturated heterocycles. The second-order valence-corrected chi connectivity index (χ2v) is 9.65. The van der Waals surface area contributed by atoms with Crippen LogP contribution in [0.15, 0.2) is 72.9 Å². The van der Waals surface area contributed by atoms with Crippen LogP contribution >= 0.6 is 0 Å². The topological polar surface area (TPSA) is 123 Å². The molecule has 11 nitrogen and oxygen atoms in total. The number of nitrogens with one attached hydrogen (secondary N) is 2. The molecule has 1 fully saturated rings. The smallest absolute Gasteiger partial charge is 0.257 e. The minimum atomic E-state index is -0.239. The van der Waals surface area contributed by atoms with Crippen LogP contribution in [-0.2, 0) is 0 Å². The maximum Gasteiger partial charge on any atom is 0.257 e. The van der Waals surface area contributed by atoms with Crippen LogP contribution in [0.3, 0.4) is 0 Å². The number of benzene rings is 2. The first-order valence-corrected chi connectivity index (χ1v) is 13.2. The van der Waals surface area contributed by atoms with Crippen LogP contribution in [0.1, 0.15) is 10.4 Å². The van der Waals surface area contributed by atoms with E-state index in [4.69, 9.17) is 9.97 Å². The number of para-hydroxylation sites is 1. The van der Waals surface area contributed by atoms with E-state index in [1.165, 1.54) is 6.20 Å². The van der Waals surface area contributed by atoms with E-state index in [9.17, 15) is 9.90 Å². The number of nitrogens with zero attached hydrogens (tertiary/aromatic N) is 7. The molecule has 1 aliphatic rings. The van der Waals surface area contributed by atoms with Crippen molar-refractivity contribution in [3.63, 3.8) is 0 Å². The number of anilines is 5. The van der Waals surface area contributed by atoms with Crippen molar-refractivity contribution in [3.05, 3.63) is 78.5 Å². The number of aliphatic hydroxyl groups is 1. The van der Waals surface area contributed by atoms with Crippen molar-refractivity contribution >= 4 is 35.0 Å². The second kappa shape index (κ2) is 12.5. The minimum Gasteiger partial charge on any atom is -0.395 e. The number of amides is 1. The first kappa shape index (κ1) is 27.0. The number of pyridine rings is 1. The average molecular weight is 540 g/mol. The van der Waals surface area contributed by atoms with E-state index in [1.807, 2.05) is 73.6 Å². The standard InChI is InChI=1S/C29H33N9O2/c1-36(2)24-11-8-21(9-12-24)26-33-28(35-29(34-26)38-16-14-37(15-17-38)18-19-39)32-25-13-10-22(20-30-25)27(40)31-23-6-4-3-5-7-23/h3-13,20,39H,14-19H2,1-2H3,(H,31,40)(H,30,32,33,34,35). The van der Waals surface area contributed by atoms with Crippen LogP contribution in [0.2, 0.25) is 0 Å². The van der Waals surface area contributed by atoms with Gasteiger partial charge >= 0.3 is 0 Å². The van der Waals surface area contributed by atoms with E-state index in [0.29, 0.717) is 35.6 Å². The molecule has 0 spiro atoms. The number of piperazine rings is 1. The molecule has 0 bridgehead atoms. The van der Waals surface area contributed by atoms with Crippen molar-refractivity contribution in [3.8, 4) is 11.4 Å². The Morgan fingerprint density at radius 3 is 2.33 bits per heavy atom. The largest absolute Gasteiger partial charge is 0.395 e. The molecular weight excluding hydrogens is 506 g/mol. The lowest BCUT2D eigenvalue weighted by Crippen LogP contribution is -2.47. The van der Waals surface area contributed by atoms with Gasteiger partial charge < -0.3 is 25.5 Å². The van der Waals surface area contributed by atoms with Crippen LogP contribution in [-0.4, -0.2) is 89.3 Å². The molecule has 0 saturated carbocycles. The summed E-state index contributed by atoms with van der Waals surface area (Å²) in [5.74, 6) is 1.76. The highest BCUT2D eigenvalue weighted by Gasteiger charge is 2.21. The van der Waals surface area contributed by atoms with Crippen LogP contribution in [0, 0.1) is 0 Å². The molecule has 206 valence electrons. The first-order chi connectivity index (χ1) is 19.5. The van der Waals surface area contributed by atoms with Gasteiger partial charge in [0.15, 0.2) is 5.82 Å². The summed E-state index contributed by atoms with van der Waals surface area (Å²) in [4.78, 5) is 37.6. The molecule has 2 aromatic heterocycles. The van der Waals surface area contributed by atoms with E-state index in [1.54, 1.807) is 12.1 Å². The number of aliphatic hydroxyl groups excluding tert-OH is 1. The van der Waals surface area contributed by atoms with E-state index in [0.717, 1.165) is 43.1 Å². The summed E-state index contributed by atoms with van der Waals surface area (Å²) in [6, 6.07) is 20.8. The number of aromatic nitrogens is 4. The Hall–Kier alpha value is -4.61. The van der Waals surface area contributed by atoms with Crippen LogP contribution in [0.4, 0.5) is 29.1 Å². The van der Waals surface area contributed by atoms with Gasteiger partial charge in [-0.1, -0.05) is 18.2 Å². The Morgan fingerprint density at radius 2 is 1.68 bits per heavy atom. The summed E-state index contributed by atoms with van der Waals surface area (Å²) < 4.78 is 0. The zero-order chi connectivity index (χ0) is 27.9. The normalized spacial score (nSPS) is 13.6. The monoisotopic (exact) mass is 539 g/mol. The van der Waals surface area contributed by atoms with Crippen molar-refractivity contribution in [2.75, 3.05) is 73.9 Å². The van der Waals surface area contributed by atoms with Gasteiger partial charge in [-0.05, 0) is 48.5 Å². The lowest BCUT2D eigenvalue weighted by Gasteiger charge is -2.34. The Bertz CT molecular complexity index is 1410. The van der Waals surface area contributed by atoms with E-state index in [2.05, 4.69) is 30.4 Å². The van der Waals surface area contributed by atoms with Crippen LogP contribution in [0.5, 0.6) is 0 Å². The zero-order valence-corrected chi connectivity index (χ0v) is 22.7. The van der Waals surface area contributed by atoms with Crippen LogP contribution < -0.4 is 20.4 Å². The third kappa shape index (κ3) is 6.68. The molecule has 0 unspecified atom stereocenters. The summed E-state index contributed by atoms with van der Waals surface area (Å²) in [6.07, 6.45) is 1.52. The van der Waals surface area contributed by atoms with Gasteiger partial charge in [0.05, 0.1) is 12.2 Å². The van der Waals surface area contributed by atoms with Gasteiger partial charge in [-0.15, -0.1) is 0 Å².